The van der Waals surface area contributed by atoms with Crippen molar-refractivity contribution < 1.29 is 9.55 Å². The SMILES string of the molecule is Cc1[nH]ncc1CNc1ccc([N+](=O)[O-])c2nonc12. The molecule has 2 N–H and O–H groups in total. The van der Waals surface area contributed by atoms with E-state index in [1.54, 1.807) is 12.3 Å². The molecule has 0 saturated carbocycles. The Morgan fingerprint density at radius 1 is 1.40 bits per heavy atom. The number of benzene rings is 1. The normalized spacial score (nSPS) is 10.8. The first-order chi connectivity index (χ1) is 9.66. The predicted molar refractivity (Wildman–Crippen MR) is 69.1 cm³/mol. The minimum atomic E-state index is -0.517. The Balaban J connectivity index is 1.93. The number of anilines is 1. The number of rotatable bonds is 4. The number of nitro groups is 1. The number of nitro benzene ring substituents is 1. The molecule has 9 heteroatoms. The lowest BCUT2D eigenvalue weighted by Crippen LogP contribution is -2.01. The highest BCUT2D eigenvalue weighted by Gasteiger charge is 2.19. The number of aromatic nitrogens is 4. The molecule has 0 aliphatic rings. The van der Waals surface area contributed by atoms with Gasteiger partial charge in [-0.25, -0.2) is 4.63 Å². The van der Waals surface area contributed by atoms with Crippen LogP contribution >= 0.6 is 0 Å². The molecule has 102 valence electrons. The summed E-state index contributed by atoms with van der Waals surface area (Å²) in [6, 6.07) is 2.96. The zero-order valence-electron chi connectivity index (χ0n) is 10.5. The van der Waals surface area contributed by atoms with Gasteiger partial charge in [0, 0.05) is 23.9 Å². The summed E-state index contributed by atoms with van der Waals surface area (Å²) < 4.78 is 4.59. The number of hydrogen-bond donors (Lipinski definition) is 2. The number of nitrogens with one attached hydrogen (secondary N) is 2. The van der Waals surface area contributed by atoms with E-state index in [-0.39, 0.29) is 11.2 Å². The van der Waals surface area contributed by atoms with E-state index in [0.29, 0.717) is 17.7 Å². The Morgan fingerprint density at radius 3 is 2.90 bits per heavy atom. The molecule has 0 aliphatic carbocycles. The van der Waals surface area contributed by atoms with Gasteiger partial charge in [0.25, 0.3) is 0 Å². The van der Waals surface area contributed by atoms with Gasteiger partial charge in [0.15, 0.2) is 5.52 Å². The molecule has 0 bridgehead atoms. The number of H-pyrrole nitrogens is 1. The molecule has 0 fully saturated rings. The van der Waals surface area contributed by atoms with Crippen molar-refractivity contribution in [2.75, 3.05) is 5.32 Å². The van der Waals surface area contributed by atoms with Crippen LogP contribution in [0.1, 0.15) is 11.3 Å². The summed E-state index contributed by atoms with van der Waals surface area (Å²) in [6.07, 6.45) is 1.71. The van der Waals surface area contributed by atoms with Crippen LogP contribution in [0.15, 0.2) is 23.0 Å². The molecule has 1 aromatic carbocycles. The smallest absolute Gasteiger partial charge is 0.300 e. The summed E-state index contributed by atoms with van der Waals surface area (Å²) in [4.78, 5) is 10.4. The Bertz CT molecular complexity index is 777. The zero-order chi connectivity index (χ0) is 14.1. The maximum atomic E-state index is 10.9. The minimum absolute atomic E-state index is 0.129. The van der Waals surface area contributed by atoms with Crippen molar-refractivity contribution in [3.05, 3.63) is 39.7 Å². The summed E-state index contributed by atoms with van der Waals surface area (Å²) >= 11 is 0. The maximum Gasteiger partial charge on any atom is 0.300 e. The van der Waals surface area contributed by atoms with Crippen LogP contribution in [0, 0.1) is 17.0 Å². The van der Waals surface area contributed by atoms with Crippen molar-refractivity contribution in [3.8, 4) is 0 Å². The first-order valence-electron chi connectivity index (χ1n) is 5.79. The van der Waals surface area contributed by atoms with E-state index in [9.17, 15) is 10.1 Å². The van der Waals surface area contributed by atoms with Crippen LogP contribution in [0.4, 0.5) is 11.4 Å². The third-order valence-corrected chi connectivity index (χ3v) is 2.99. The Hall–Kier alpha value is -2.97. The highest BCUT2D eigenvalue weighted by atomic mass is 16.6. The van der Waals surface area contributed by atoms with Crippen LogP contribution in [0.2, 0.25) is 0 Å². The molecule has 20 heavy (non-hydrogen) atoms. The maximum absolute atomic E-state index is 10.9. The second-order valence-electron chi connectivity index (χ2n) is 4.22. The summed E-state index contributed by atoms with van der Waals surface area (Å²) in [5.41, 5.74) is 2.89. The standard InChI is InChI=1S/C11H10N6O3/c1-6-7(5-13-14-6)4-12-8-2-3-9(17(18)19)11-10(8)15-20-16-11/h2-3,5,12H,4H2,1H3,(H,13,14). The number of nitrogens with zero attached hydrogens (tertiary/aromatic N) is 4. The fourth-order valence-electron chi connectivity index (χ4n) is 1.89. The molecule has 3 aromatic rings. The van der Waals surface area contributed by atoms with E-state index in [1.165, 1.54) is 6.07 Å². The molecule has 0 unspecified atom stereocenters. The summed E-state index contributed by atoms with van der Waals surface area (Å²) in [7, 11) is 0. The summed E-state index contributed by atoms with van der Waals surface area (Å²) in [5.74, 6) is 0. The van der Waals surface area contributed by atoms with Crippen molar-refractivity contribution in [2.45, 2.75) is 13.5 Å². The second kappa shape index (κ2) is 4.61. The first-order valence-corrected chi connectivity index (χ1v) is 5.79. The van der Waals surface area contributed by atoms with E-state index >= 15 is 0 Å². The van der Waals surface area contributed by atoms with Gasteiger partial charge < -0.3 is 5.32 Å². The van der Waals surface area contributed by atoms with Crippen molar-refractivity contribution in [3.63, 3.8) is 0 Å². The largest absolute Gasteiger partial charge is 0.379 e. The first kappa shape index (κ1) is 12.1. The number of aromatic amines is 1. The fraction of sp³-hybridized carbons (Fsp3) is 0.182. The molecule has 0 amide bonds. The van der Waals surface area contributed by atoms with Crippen LogP contribution in [0.25, 0.3) is 11.0 Å². The van der Waals surface area contributed by atoms with E-state index in [0.717, 1.165) is 11.3 Å². The highest BCUT2D eigenvalue weighted by molar-refractivity contribution is 5.93. The van der Waals surface area contributed by atoms with E-state index in [4.69, 9.17) is 0 Å². The van der Waals surface area contributed by atoms with Gasteiger partial charge in [0.1, 0.15) is 0 Å². The number of hydrogen-bond acceptors (Lipinski definition) is 7. The molecule has 2 heterocycles. The Kier molecular flexibility index (Phi) is 2.78. The molecule has 0 spiro atoms. The number of non-ortho nitro benzene ring substituents is 1. The van der Waals surface area contributed by atoms with Crippen molar-refractivity contribution >= 4 is 22.4 Å². The summed E-state index contributed by atoms with van der Waals surface area (Å²) in [5, 5.41) is 28.1. The predicted octanol–water partition coefficient (Wildman–Crippen LogP) is 1.77. The van der Waals surface area contributed by atoms with E-state index in [1.807, 2.05) is 6.92 Å². The van der Waals surface area contributed by atoms with Crippen molar-refractivity contribution in [2.24, 2.45) is 0 Å². The third-order valence-electron chi connectivity index (χ3n) is 2.99. The molecule has 0 saturated heterocycles. The average molecular weight is 274 g/mol. The van der Waals surface area contributed by atoms with Gasteiger partial charge in [-0.1, -0.05) is 0 Å². The number of fused-ring (bicyclic) bond motifs is 1. The quantitative estimate of drug-likeness (QED) is 0.549. The monoisotopic (exact) mass is 274 g/mol. The minimum Gasteiger partial charge on any atom is -0.379 e. The number of aryl methyl sites for hydroxylation is 1. The lowest BCUT2D eigenvalue weighted by molar-refractivity contribution is -0.383. The lowest BCUT2D eigenvalue weighted by atomic mass is 10.2. The molecule has 9 nitrogen and oxygen atoms in total. The molecule has 0 atom stereocenters. The van der Waals surface area contributed by atoms with Gasteiger partial charge in [0.2, 0.25) is 5.52 Å². The molecular formula is C11H10N6O3. The van der Waals surface area contributed by atoms with Gasteiger partial charge >= 0.3 is 5.69 Å². The van der Waals surface area contributed by atoms with Crippen molar-refractivity contribution in [1.82, 2.24) is 20.5 Å². The van der Waals surface area contributed by atoms with E-state index < -0.39 is 4.92 Å². The highest BCUT2D eigenvalue weighted by Crippen LogP contribution is 2.28. The molecular weight excluding hydrogens is 264 g/mol. The van der Waals surface area contributed by atoms with Crippen LogP contribution in [-0.2, 0) is 6.54 Å². The Morgan fingerprint density at radius 2 is 2.20 bits per heavy atom. The molecule has 0 radical (unpaired) electrons. The molecule has 0 aliphatic heterocycles. The zero-order valence-corrected chi connectivity index (χ0v) is 10.5. The van der Waals surface area contributed by atoms with Gasteiger partial charge in [-0.05, 0) is 23.3 Å². The van der Waals surface area contributed by atoms with Gasteiger partial charge in [-0.15, -0.1) is 0 Å². The molecule has 2 aromatic heterocycles. The third kappa shape index (κ3) is 1.94. The van der Waals surface area contributed by atoms with E-state index in [2.05, 4.69) is 30.5 Å². The van der Waals surface area contributed by atoms with Gasteiger partial charge in [-0.2, -0.15) is 5.10 Å². The molecule has 3 rings (SSSR count). The van der Waals surface area contributed by atoms with Crippen LogP contribution in [0.5, 0.6) is 0 Å². The second-order valence-corrected chi connectivity index (χ2v) is 4.22. The topological polar surface area (TPSA) is 123 Å². The van der Waals surface area contributed by atoms with Crippen LogP contribution in [-0.4, -0.2) is 25.4 Å². The average Bonchev–Trinajstić information content (AvgIpc) is 3.04. The van der Waals surface area contributed by atoms with Crippen LogP contribution in [0.3, 0.4) is 0 Å². The van der Waals surface area contributed by atoms with Gasteiger partial charge in [-0.3, -0.25) is 15.2 Å². The fourth-order valence-corrected chi connectivity index (χ4v) is 1.89. The Labute approximate surface area is 112 Å². The van der Waals surface area contributed by atoms with Crippen LogP contribution < -0.4 is 5.32 Å². The lowest BCUT2D eigenvalue weighted by Gasteiger charge is -2.05. The van der Waals surface area contributed by atoms with Crippen molar-refractivity contribution in [1.29, 1.82) is 0 Å². The summed E-state index contributed by atoms with van der Waals surface area (Å²) in [6.45, 7) is 2.43. The van der Waals surface area contributed by atoms with Gasteiger partial charge in [0.05, 0.1) is 16.8 Å².